The second kappa shape index (κ2) is 28.7. The van der Waals surface area contributed by atoms with Gasteiger partial charge in [-0.2, -0.15) is 47.4 Å². The minimum absolute atomic E-state index is 0.000430. The first kappa shape index (κ1) is 72.2. The molecule has 0 aliphatic heterocycles. The number of nitriles is 4. The third kappa shape index (κ3) is 14.2. The molecule has 0 saturated heterocycles. The molecule has 0 bridgehead atoms. The summed E-state index contributed by atoms with van der Waals surface area (Å²) in [6.07, 6.45) is -4.61. The van der Waals surface area contributed by atoms with Crippen LogP contribution in [0.4, 0.5) is 39.5 Å². The Morgan fingerprint density at radius 1 is 0.382 bits per heavy atom. The van der Waals surface area contributed by atoms with Crippen molar-refractivity contribution in [3.63, 3.8) is 0 Å². The number of H-pyrrole nitrogens is 4. The SMILES string of the molecule is CC(C)c1c(-c2cc(C(F)(F)F)cc(C(F)(F)F)c2)nc2c(C#N)c[nH]n2c1=O.CC(C)c1c(-c2cc(F)cc(Cl)c2)nc2c(C#N)c[nH]n2c1=O.CC(C)c1c(-c2ccc(-c3ccccc3)cc2)nc2c(C#N)c[nH]n2c1=O.CC(C)c1c(-c2ccc(F)c(F)c2)nc2c(C#N)c[nH]n2c1=O. The molecule has 0 unspecified atom stereocenters. The maximum Gasteiger partial charge on any atom is 0.416 e. The third-order valence-corrected chi connectivity index (χ3v) is 16.3. The summed E-state index contributed by atoms with van der Waals surface area (Å²) in [5.41, 5.74) is 2.11. The summed E-state index contributed by atoms with van der Waals surface area (Å²) in [5, 5.41) is 47.6. The summed E-state index contributed by atoms with van der Waals surface area (Å²) >= 11 is 5.92. The molecule has 13 rings (SSSR count). The molecule has 0 spiro atoms. The predicted molar refractivity (Wildman–Crippen MR) is 361 cm³/mol. The van der Waals surface area contributed by atoms with Crippen LogP contribution in [0.25, 0.3) is 78.7 Å². The number of aromatic amines is 4. The third-order valence-electron chi connectivity index (χ3n) is 16.0. The van der Waals surface area contributed by atoms with Gasteiger partial charge in [-0.25, -0.2) is 51.2 Å². The molecule has 5 aromatic carbocycles. The van der Waals surface area contributed by atoms with E-state index >= 15 is 0 Å². The van der Waals surface area contributed by atoms with E-state index in [1.807, 2.05) is 96.1 Å². The van der Waals surface area contributed by atoms with Gasteiger partial charge in [0.25, 0.3) is 22.2 Å². The Morgan fingerprint density at radius 3 is 1.02 bits per heavy atom. The Hall–Kier alpha value is -12.6. The zero-order chi connectivity index (χ0) is 74.1. The summed E-state index contributed by atoms with van der Waals surface area (Å²) in [4.78, 5) is 68.7. The van der Waals surface area contributed by atoms with Gasteiger partial charge in [-0.05, 0) is 89.4 Å². The van der Waals surface area contributed by atoms with Crippen molar-refractivity contribution in [1.29, 1.82) is 21.0 Å². The van der Waals surface area contributed by atoms with E-state index in [1.165, 1.54) is 56.5 Å². The van der Waals surface area contributed by atoms with Crippen LogP contribution >= 0.6 is 11.6 Å². The van der Waals surface area contributed by atoms with E-state index in [0.29, 0.717) is 57.0 Å². The maximum absolute atomic E-state index is 13.7. The monoisotopic (exact) mass is 1410 g/mol. The number of rotatable bonds is 9. The lowest BCUT2D eigenvalue weighted by Crippen LogP contribution is -2.23. The number of nitrogens with one attached hydrogen (secondary N) is 4. The molecule has 30 heteroatoms. The number of hydrogen-bond donors (Lipinski definition) is 4. The van der Waals surface area contributed by atoms with E-state index in [2.05, 4.69) is 58.5 Å². The van der Waals surface area contributed by atoms with Crippen LogP contribution < -0.4 is 22.2 Å². The van der Waals surface area contributed by atoms with E-state index in [4.69, 9.17) is 27.4 Å². The molecule has 0 atom stereocenters. The molecule has 0 fully saturated rings. The Labute approximate surface area is 576 Å². The van der Waals surface area contributed by atoms with Gasteiger partial charge in [0.2, 0.25) is 0 Å². The summed E-state index contributed by atoms with van der Waals surface area (Å²) in [6.45, 7) is 14.4. The van der Waals surface area contributed by atoms with E-state index in [9.17, 15) is 64.0 Å². The van der Waals surface area contributed by atoms with Gasteiger partial charge in [0, 0.05) is 74.3 Å². The van der Waals surface area contributed by atoms with Crippen molar-refractivity contribution in [1.82, 2.24) is 58.4 Å². The van der Waals surface area contributed by atoms with Gasteiger partial charge in [0.05, 0.1) is 33.9 Å². The Morgan fingerprint density at radius 2 is 0.696 bits per heavy atom. The molecule has 4 N–H and O–H groups in total. The zero-order valence-corrected chi connectivity index (χ0v) is 55.5. The number of fused-ring (bicyclic) bond motifs is 4. The first-order chi connectivity index (χ1) is 48.3. The molecule has 0 amide bonds. The van der Waals surface area contributed by atoms with E-state index in [0.717, 1.165) is 33.3 Å². The second-order valence-electron chi connectivity index (χ2n) is 24.2. The molecule has 102 heavy (non-hydrogen) atoms. The fraction of sp³-hybridized carbons (Fsp3) is 0.194. The topological polar surface area (TPSA) is 296 Å². The van der Waals surface area contributed by atoms with Crippen molar-refractivity contribution < 1.29 is 39.5 Å². The molecule has 8 heterocycles. The molecule has 516 valence electrons. The van der Waals surface area contributed by atoms with Crippen LogP contribution in [-0.2, 0) is 12.4 Å². The molecule has 0 aliphatic carbocycles. The van der Waals surface area contributed by atoms with E-state index < -0.39 is 58.0 Å². The summed E-state index contributed by atoms with van der Waals surface area (Å²) in [5.74, 6) is -3.41. The number of benzene rings is 5. The molecule has 8 aromatic heterocycles. The van der Waals surface area contributed by atoms with Crippen molar-refractivity contribution in [2.75, 3.05) is 0 Å². The van der Waals surface area contributed by atoms with Crippen LogP contribution in [-0.4, -0.2) is 58.4 Å². The molecule has 20 nitrogen and oxygen atoms in total. The maximum atomic E-state index is 13.7. The zero-order valence-electron chi connectivity index (χ0n) is 54.8. The van der Waals surface area contributed by atoms with Crippen LogP contribution in [0, 0.1) is 62.8 Å². The second-order valence-corrected chi connectivity index (χ2v) is 24.6. The first-order valence-corrected chi connectivity index (χ1v) is 31.2. The largest absolute Gasteiger partial charge is 0.416 e. The van der Waals surface area contributed by atoms with Crippen molar-refractivity contribution in [3.8, 4) is 80.4 Å². The lowest BCUT2D eigenvalue weighted by atomic mass is 9.95. The van der Waals surface area contributed by atoms with Gasteiger partial charge in [-0.15, -0.1) is 0 Å². The minimum atomic E-state index is -5.04. The number of aromatic nitrogens is 12. The first-order valence-electron chi connectivity index (χ1n) is 30.8. The van der Waals surface area contributed by atoms with Gasteiger partial charge in [0.1, 0.15) is 52.3 Å². The van der Waals surface area contributed by atoms with E-state index in [-0.39, 0.29) is 102 Å². The van der Waals surface area contributed by atoms with Crippen LogP contribution in [0.3, 0.4) is 0 Å². The fourth-order valence-electron chi connectivity index (χ4n) is 11.3. The molecular weight excluding hydrogens is 1360 g/mol. The normalized spacial score (nSPS) is 11.5. The van der Waals surface area contributed by atoms with Crippen molar-refractivity contribution >= 4 is 34.2 Å². The smallest absolute Gasteiger partial charge is 0.295 e. The van der Waals surface area contributed by atoms with E-state index in [1.54, 1.807) is 26.0 Å². The molecule has 0 aliphatic rings. The summed E-state index contributed by atoms with van der Waals surface area (Å²) in [6, 6.07) is 34.3. The predicted octanol–water partition coefficient (Wildman–Crippen LogP) is 15.5. The van der Waals surface area contributed by atoms with Crippen LogP contribution in [0.2, 0.25) is 5.02 Å². The highest BCUT2D eigenvalue weighted by Gasteiger charge is 2.38. The lowest BCUT2D eigenvalue weighted by molar-refractivity contribution is -0.143. The van der Waals surface area contributed by atoms with Gasteiger partial charge >= 0.3 is 12.4 Å². The highest BCUT2D eigenvalue weighted by molar-refractivity contribution is 6.30. The van der Waals surface area contributed by atoms with Gasteiger partial charge in [-0.3, -0.25) is 39.6 Å². The minimum Gasteiger partial charge on any atom is -0.295 e. The average Bonchev–Trinajstić information content (AvgIpc) is 1.52. The fourth-order valence-corrected chi connectivity index (χ4v) is 11.5. The number of hydrogen-bond acceptors (Lipinski definition) is 12. The van der Waals surface area contributed by atoms with Crippen molar-refractivity contribution in [3.05, 3.63) is 254 Å². The standard InChI is InChI=1S/C22H18N4O.C18H12F6N4O.C16H12ClFN4O.C16H12F2N4O/c1-14(2)19-20(25-21-18(12-23)13-24-26(21)22(19)27)17-10-8-16(9-11-17)15-6-4-3-5-7-15;1-8(2)13-14(27-15-10(6-25)7-26-28(15)16(13)29)9-3-11(17(19,20)21)5-12(4-9)18(22,23)24;1-8(2)13-14(9-3-11(17)5-12(18)4-9)21-15-10(6-19)7-20-22(15)16(13)23;1-8(2)13-14(9-3-4-11(17)12(18)5-9)21-15-10(6-19)7-20-22(15)16(13)23/h3-11,13-14,24H,1-2H3;3-5,7-8,26H,1-2H3;2*3-5,7-8,20H,1-2H3. The van der Waals surface area contributed by atoms with Crippen LogP contribution in [0.5, 0.6) is 0 Å². The average molecular weight is 1410 g/mol. The molecular formula is C72H54ClF9N16O4. The van der Waals surface area contributed by atoms with Crippen molar-refractivity contribution in [2.45, 2.75) is 91.4 Å². The van der Waals surface area contributed by atoms with Gasteiger partial charge < -0.3 is 0 Å². The lowest BCUT2D eigenvalue weighted by Gasteiger charge is -2.16. The Balaban J connectivity index is 0.000000147. The highest BCUT2D eigenvalue weighted by atomic mass is 35.5. The summed E-state index contributed by atoms with van der Waals surface area (Å²) in [7, 11) is 0. The summed E-state index contributed by atoms with van der Waals surface area (Å²) < 4.78 is 124. The molecule has 13 aromatic rings. The Kier molecular flexibility index (Phi) is 20.3. The number of alkyl halides is 6. The Bertz CT molecular complexity index is 5820. The van der Waals surface area contributed by atoms with Gasteiger partial charge in [-0.1, -0.05) is 122 Å². The quantitative estimate of drug-likeness (QED) is 0.0981. The number of halogens is 10. The van der Waals surface area contributed by atoms with Gasteiger partial charge in [0.15, 0.2) is 34.2 Å². The van der Waals surface area contributed by atoms with Crippen LogP contribution in [0.15, 0.2) is 153 Å². The van der Waals surface area contributed by atoms with Crippen molar-refractivity contribution in [2.24, 2.45) is 0 Å². The molecule has 0 radical (unpaired) electrons. The molecule has 0 saturated carbocycles. The highest BCUT2D eigenvalue weighted by Crippen LogP contribution is 2.40. The van der Waals surface area contributed by atoms with Crippen LogP contribution in [0.1, 0.15) is 135 Å². The number of nitrogens with zero attached hydrogens (tertiary/aromatic N) is 12.